The van der Waals surface area contributed by atoms with E-state index in [4.69, 9.17) is 23.1 Å². The Hall–Kier alpha value is -0.770. The van der Waals surface area contributed by atoms with E-state index in [1.807, 2.05) is 0 Å². The van der Waals surface area contributed by atoms with E-state index in [9.17, 15) is 5.11 Å². The predicted octanol–water partition coefficient (Wildman–Crippen LogP) is 1.78. The third kappa shape index (κ3) is 2.87. The van der Waals surface area contributed by atoms with Gasteiger partial charge in [0, 0.05) is 16.6 Å². The molecule has 0 spiro atoms. The Bertz CT molecular complexity index is 304. The van der Waals surface area contributed by atoms with Gasteiger partial charge in [-0.3, -0.25) is 0 Å². The van der Waals surface area contributed by atoms with Crippen molar-refractivity contribution in [1.29, 1.82) is 0 Å². The molecule has 1 atom stereocenters. The van der Waals surface area contributed by atoms with E-state index in [1.54, 1.807) is 18.2 Å². The molecular weight excluding hydrogens is 200 g/mol. The fraction of sp³-hybridized carbons (Fsp3) is 0.400. The molecule has 14 heavy (non-hydrogen) atoms. The van der Waals surface area contributed by atoms with Gasteiger partial charge in [0.15, 0.2) is 0 Å². The van der Waals surface area contributed by atoms with E-state index < -0.39 is 0 Å². The average Bonchev–Trinajstić information content (AvgIpc) is 2.18. The van der Waals surface area contributed by atoms with Crippen molar-refractivity contribution in [3.63, 3.8) is 0 Å². The molecular formula is C10H15ClN2O. The minimum Gasteiger partial charge on any atom is -0.508 e. The van der Waals surface area contributed by atoms with Crippen molar-refractivity contribution in [2.45, 2.75) is 18.9 Å². The standard InChI is InChI=1S/C10H15ClN2O/c11-7-3-4-10(14)8(6-7)9(13)2-1-5-12/h3-4,6,9,14H,1-2,5,12-13H2/t9-/m0/s1. The van der Waals surface area contributed by atoms with Crippen LogP contribution in [0.4, 0.5) is 0 Å². The monoisotopic (exact) mass is 214 g/mol. The molecule has 0 aliphatic heterocycles. The molecule has 0 unspecified atom stereocenters. The zero-order valence-corrected chi connectivity index (χ0v) is 8.67. The molecule has 78 valence electrons. The molecule has 0 aliphatic rings. The highest BCUT2D eigenvalue weighted by Gasteiger charge is 2.10. The Morgan fingerprint density at radius 3 is 2.79 bits per heavy atom. The number of phenolic OH excluding ortho intramolecular Hbond substituents is 1. The molecule has 5 N–H and O–H groups in total. The Balaban J connectivity index is 2.77. The maximum absolute atomic E-state index is 9.53. The summed E-state index contributed by atoms with van der Waals surface area (Å²) in [6, 6.07) is 4.69. The average molecular weight is 215 g/mol. The maximum atomic E-state index is 9.53. The topological polar surface area (TPSA) is 72.3 Å². The molecule has 0 aliphatic carbocycles. The molecule has 0 saturated carbocycles. The first-order chi connectivity index (χ1) is 6.65. The number of benzene rings is 1. The number of hydrogen-bond acceptors (Lipinski definition) is 3. The van der Waals surface area contributed by atoms with Crippen LogP contribution >= 0.6 is 11.6 Å². The van der Waals surface area contributed by atoms with Crippen molar-refractivity contribution in [2.24, 2.45) is 11.5 Å². The Morgan fingerprint density at radius 2 is 2.14 bits per heavy atom. The lowest BCUT2D eigenvalue weighted by molar-refractivity contribution is 0.457. The maximum Gasteiger partial charge on any atom is 0.120 e. The van der Waals surface area contributed by atoms with Crippen LogP contribution < -0.4 is 11.5 Å². The molecule has 1 rings (SSSR count). The van der Waals surface area contributed by atoms with Gasteiger partial charge >= 0.3 is 0 Å². The molecule has 0 amide bonds. The summed E-state index contributed by atoms with van der Waals surface area (Å²) >= 11 is 5.80. The molecule has 0 heterocycles. The number of rotatable bonds is 4. The van der Waals surface area contributed by atoms with Gasteiger partial charge in [0.05, 0.1) is 0 Å². The van der Waals surface area contributed by atoms with Gasteiger partial charge in [-0.25, -0.2) is 0 Å². The summed E-state index contributed by atoms with van der Waals surface area (Å²) in [6.45, 7) is 0.606. The van der Waals surface area contributed by atoms with Crippen LogP contribution in [0.2, 0.25) is 5.02 Å². The van der Waals surface area contributed by atoms with Gasteiger partial charge in [-0.05, 0) is 37.6 Å². The number of phenols is 1. The van der Waals surface area contributed by atoms with E-state index in [2.05, 4.69) is 0 Å². The van der Waals surface area contributed by atoms with E-state index in [1.165, 1.54) is 0 Å². The molecule has 0 saturated heterocycles. The summed E-state index contributed by atoms with van der Waals surface area (Å²) in [5, 5.41) is 10.1. The second kappa shape index (κ2) is 5.20. The quantitative estimate of drug-likeness (QED) is 0.716. The van der Waals surface area contributed by atoms with Gasteiger partial charge in [0.2, 0.25) is 0 Å². The summed E-state index contributed by atoms with van der Waals surface area (Å²) in [5.41, 5.74) is 11.9. The summed E-state index contributed by atoms with van der Waals surface area (Å²) in [4.78, 5) is 0. The predicted molar refractivity (Wildman–Crippen MR) is 58.3 cm³/mol. The third-order valence-corrected chi connectivity index (χ3v) is 2.34. The van der Waals surface area contributed by atoms with Crippen molar-refractivity contribution in [2.75, 3.05) is 6.54 Å². The summed E-state index contributed by atoms with van der Waals surface area (Å²) in [6.07, 6.45) is 1.59. The van der Waals surface area contributed by atoms with Crippen LogP contribution in [0, 0.1) is 0 Å². The highest BCUT2D eigenvalue weighted by atomic mass is 35.5. The zero-order valence-electron chi connectivity index (χ0n) is 7.91. The van der Waals surface area contributed by atoms with Gasteiger partial charge in [0.1, 0.15) is 5.75 Å². The number of nitrogens with two attached hydrogens (primary N) is 2. The number of halogens is 1. The van der Waals surface area contributed by atoms with E-state index in [0.29, 0.717) is 17.1 Å². The van der Waals surface area contributed by atoms with Crippen LogP contribution in [0.25, 0.3) is 0 Å². The molecule has 3 nitrogen and oxygen atoms in total. The first-order valence-electron chi connectivity index (χ1n) is 4.59. The van der Waals surface area contributed by atoms with Crippen LogP contribution in [0.1, 0.15) is 24.4 Å². The van der Waals surface area contributed by atoms with E-state index in [-0.39, 0.29) is 11.8 Å². The molecule has 4 heteroatoms. The zero-order chi connectivity index (χ0) is 10.6. The molecule has 0 fully saturated rings. The van der Waals surface area contributed by atoms with Crippen LogP contribution in [0.3, 0.4) is 0 Å². The second-order valence-electron chi connectivity index (χ2n) is 3.24. The highest BCUT2D eigenvalue weighted by Crippen LogP contribution is 2.28. The minimum atomic E-state index is -0.197. The van der Waals surface area contributed by atoms with Crippen LogP contribution in [0.5, 0.6) is 5.75 Å². The number of hydrogen-bond donors (Lipinski definition) is 3. The van der Waals surface area contributed by atoms with Gasteiger partial charge < -0.3 is 16.6 Å². The molecule has 1 aromatic rings. The Labute approximate surface area is 88.7 Å². The van der Waals surface area contributed by atoms with Crippen molar-refractivity contribution < 1.29 is 5.11 Å². The van der Waals surface area contributed by atoms with Crippen molar-refractivity contribution in [3.8, 4) is 5.75 Å². The van der Waals surface area contributed by atoms with Crippen molar-refractivity contribution in [1.82, 2.24) is 0 Å². The lowest BCUT2D eigenvalue weighted by Crippen LogP contribution is -2.12. The van der Waals surface area contributed by atoms with Gasteiger partial charge in [-0.2, -0.15) is 0 Å². The SMILES string of the molecule is NCCC[C@H](N)c1cc(Cl)ccc1O. The lowest BCUT2D eigenvalue weighted by Gasteiger charge is -2.13. The second-order valence-corrected chi connectivity index (χ2v) is 3.68. The lowest BCUT2D eigenvalue weighted by atomic mass is 10.0. The molecule has 1 aromatic carbocycles. The Morgan fingerprint density at radius 1 is 1.43 bits per heavy atom. The normalized spacial score (nSPS) is 12.8. The van der Waals surface area contributed by atoms with Gasteiger partial charge in [0.25, 0.3) is 0 Å². The van der Waals surface area contributed by atoms with E-state index >= 15 is 0 Å². The molecule has 0 aromatic heterocycles. The number of aromatic hydroxyl groups is 1. The van der Waals surface area contributed by atoms with Crippen LogP contribution in [-0.2, 0) is 0 Å². The van der Waals surface area contributed by atoms with Gasteiger partial charge in [-0.15, -0.1) is 0 Å². The molecule has 0 bridgehead atoms. The van der Waals surface area contributed by atoms with E-state index in [0.717, 1.165) is 12.8 Å². The summed E-state index contributed by atoms with van der Waals surface area (Å²) < 4.78 is 0. The van der Waals surface area contributed by atoms with Crippen LogP contribution in [0.15, 0.2) is 18.2 Å². The van der Waals surface area contributed by atoms with Gasteiger partial charge in [-0.1, -0.05) is 11.6 Å². The summed E-state index contributed by atoms with van der Waals surface area (Å²) in [7, 11) is 0. The first-order valence-corrected chi connectivity index (χ1v) is 4.97. The van der Waals surface area contributed by atoms with Crippen LogP contribution in [-0.4, -0.2) is 11.7 Å². The smallest absolute Gasteiger partial charge is 0.120 e. The largest absolute Gasteiger partial charge is 0.508 e. The summed E-state index contributed by atoms with van der Waals surface area (Å²) in [5.74, 6) is 0.193. The molecule has 0 radical (unpaired) electrons. The fourth-order valence-electron chi connectivity index (χ4n) is 1.32. The third-order valence-electron chi connectivity index (χ3n) is 2.11. The minimum absolute atomic E-state index is 0.193. The first kappa shape index (κ1) is 11.3. The van der Waals surface area contributed by atoms with Crippen molar-refractivity contribution >= 4 is 11.6 Å². The fourth-order valence-corrected chi connectivity index (χ4v) is 1.50. The van der Waals surface area contributed by atoms with Crippen molar-refractivity contribution in [3.05, 3.63) is 28.8 Å². The Kier molecular flexibility index (Phi) is 4.20. The highest BCUT2D eigenvalue weighted by molar-refractivity contribution is 6.30.